The summed E-state index contributed by atoms with van der Waals surface area (Å²) in [5.41, 5.74) is -1.60. The van der Waals surface area contributed by atoms with Crippen LogP contribution in [0.15, 0.2) is 0 Å². The first-order valence-corrected chi connectivity index (χ1v) is 5.45. The molecule has 1 saturated heterocycles. The van der Waals surface area contributed by atoms with Gasteiger partial charge in [0.25, 0.3) is 6.47 Å². The number of halogens is 1. The highest BCUT2D eigenvalue weighted by atomic mass is 19.1. The second-order valence-electron chi connectivity index (χ2n) is 4.89. The van der Waals surface area contributed by atoms with Gasteiger partial charge in [0, 0.05) is 0 Å². The number of hydrogen-bond donors (Lipinski definition) is 2. The molecule has 0 aromatic heterocycles. The molecule has 1 rings (SSSR count). The lowest BCUT2D eigenvalue weighted by atomic mass is 9.96. The van der Waals surface area contributed by atoms with Crippen molar-refractivity contribution in [2.24, 2.45) is 0 Å². The number of aliphatic hydroxyl groups is 1. The molecule has 1 aliphatic rings. The highest BCUT2D eigenvalue weighted by Gasteiger charge is 2.30. The number of nitrogens with one attached hydrogen (secondary N) is 1. The molecule has 96 valence electrons. The highest BCUT2D eigenvalue weighted by molar-refractivity contribution is 5.37. The maximum Gasteiger partial charge on any atom is 0.293 e. The Morgan fingerprint density at radius 1 is 1.44 bits per heavy atom. The van der Waals surface area contributed by atoms with E-state index in [-0.39, 0.29) is 12.2 Å². The number of carbonyl (C=O) groups excluding carboxylic acids is 1. The van der Waals surface area contributed by atoms with E-state index in [4.69, 9.17) is 5.11 Å². The van der Waals surface area contributed by atoms with Crippen LogP contribution in [0.25, 0.3) is 0 Å². The molecule has 1 fully saturated rings. The monoisotopic (exact) mass is 235 g/mol. The van der Waals surface area contributed by atoms with Crippen molar-refractivity contribution >= 4 is 6.47 Å². The normalized spacial score (nSPS) is 19.3. The van der Waals surface area contributed by atoms with Crippen molar-refractivity contribution in [3.05, 3.63) is 0 Å². The Morgan fingerprint density at radius 3 is 2.12 bits per heavy atom. The van der Waals surface area contributed by atoms with Crippen molar-refractivity contribution in [3.8, 4) is 0 Å². The summed E-state index contributed by atoms with van der Waals surface area (Å²) in [5, 5.41) is 11.6. The zero-order valence-electron chi connectivity index (χ0n) is 10.3. The number of piperidine rings is 1. The van der Waals surface area contributed by atoms with Crippen molar-refractivity contribution in [1.29, 1.82) is 0 Å². The third kappa shape index (κ3) is 7.59. The van der Waals surface area contributed by atoms with E-state index < -0.39 is 5.67 Å². The largest absolute Gasteiger partial charge is 0.462 e. The van der Waals surface area contributed by atoms with Crippen molar-refractivity contribution in [1.82, 2.24) is 5.32 Å². The first-order chi connectivity index (χ1) is 7.33. The summed E-state index contributed by atoms with van der Waals surface area (Å²) in [5.74, 6) is 0. The van der Waals surface area contributed by atoms with Gasteiger partial charge in [0.1, 0.15) is 11.3 Å². The van der Waals surface area contributed by atoms with Gasteiger partial charge >= 0.3 is 0 Å². The molecule has 0 unspecified atom stereocenters. The Hall–Kier alpha value is -0.680. The van der Waals surface area contributed by atoms with E-state index in [0.717, 1.165) is 0 Å². The molecule has 2 N–H and O–H groups in total. The van der Waals surface area contributed by atoms with Crippen molar-refractivity contribution in [2.75, 3.05) is 19.7 Å². The Balaban J connectivity index is 0.000000293. The second kappa shape index (κ2) is 6.81. The van der Waals surface area contributed by atoms with Crippen LogP contribution < -0.4 is 5.32 Å². The Bertz CT molecular complexity index is 198. The van der Waals surface area contributed by atoms with Crippen LogP contribution in [0.4, 0.5) is 4.39 Å². The van der Waals surface area contributed by atoms with Crippen LogP contribution >= 0.6 is 0 Å². The number of hydrogen-bond acceptors (Lipinski definition) is 4. The summed E-state index contributed by atoms with van der Waals surface area (Å²) in [6.45, 7) is 6.98. The molecule has 0 aromatic rings. The molecule has 4 nitrogen and oxygen atoms in total. The van der Waals surface area contributed by atoms with Crippen LogP contribution in [-0.4, -0.2) is 42.5 Å². The van der Waals surface area contributed by atoms with Gasteiger partial charge in [0.2, 0.25) is 0 Å². The van der Waals surface area contributed by atoms with Crippen LogP contribution in [0.1, 0.15) is 33.6 Å². The standard InChI is InChI=1S/C6H12FNO.C5H10O2/c7-6(5-9)1-3-8-4-2-6;1-5(2,3)7-4-6/h8-9H,1-5H2;4H,1-3H3. The molecular weight excluding hydrogens is 213 g/mol. The van der Waals surface area contributed by atoms with E-state index in [1.807, 2.05) is 20.8 Å². The third-order valence-electron chi connectivity index (χ3n) is 2.18. The van der Waals surface area contributed by atoms with Crippen molar-refractivity contribution in [2.45, 2.75) is 44.9 Å². The Kier molecular flexibility index (Phi) is 6.52. The number of ether oxygens (including phenoxy) is 1. The van der Waals surface area contributed by atoms with E-state index >= 15 is 0 Å². The average Bonchev–Trinajstić information content (AvgIpc) is 2.18. The SMILES string of the molecule is CC(C)(C)OC=O.OCC1(F)CCNCC1. The molecule has 0 aromatic carbocycles. The van der Waals surface area contributed by atoms with E-state index in [9.17, 15) is 9.18 Å². The molecule has 0 amide bonds. The molecule has 1 heterocycles. The molecule has 5 heteroatoms. The molecule has 0 atom stereocenters. The molecule has 16 heavy (non-hydrogen) atoms. The lowest BCUT2D eigenvalue weighted by Gasteiger charge is -2.27. The maximum absolute atomic E-state index is 13.0. The minimum absolute atomic E-state index is 0.318. The smallest absolute Gasteiger partial charge is 0.293 e. The van der Waals surface area contributed by atoms with Gasteiger partial charge in [-0.3, -0.25) is 4.79 Å². The number of carbonyl (C=O) groups is 1. The van der Waals surface area contributed by atoms with Gasteiger partial charge in [0.15, 0.2) is 0 Å². The fourth-order valence-electron chi connectivity index (χ4n) is 1.18. The van der Waals surface area contributed by atoms with E-state index in [0.29, 0.717) is 32.4 Å². The maximum atomic E-state index is 13.0. The Morgan fingerprint density at radius 2 is 1.94 bits per heavy atom. The minimum atomic E-state index is -1.29. The van der Waals surface area contributed by atoms with Crippen molar-refractivity contribution < 1.29 is 19.0 Å². The molecule has 0 radical (unpaired) electrons. The fourth-order valence-corrected chi connectivity index (χ4v) is 1.18. The minimum Gasteiger partial charge on any atom is -0.462 e. The number of alkyl halides is 1. The van der Waals surface area contributed by atoms with Crippen LogP contribution in [0.5, 0.6) is 0 Å². The van der Waals surface area contributed by atoms with Gasteiger partial charge in [-0.05, 0) is 46.7 Å². The Labute approximate surface area is 96.2 Å². The third-order valence-corrected chi connectivity index (χ3v) is 2.18. The van der Waals surface area contributed by atoms with Gasteiger partial charge in [-0.15, -0.1) is 0 Å². The summed E-state index contributed by atoms with van der Waals surface area (Å²) in [6.07, 6.45) is 0.896. The van der Waals surface area contributed by atoms with Crippen LogP contribution in [0, 0.1) is 0 Å². The predicted molar refractivity (Wildman–Crippen MR) is 59.9 cm³/mol. The molecule has 0 bridgehead atoms. The van der Waals surface area contributed by atoms with Crippen LogP contribution in [0.3, 0.4) is 0 Å². The topological polar surface area (TPSA) is 58.6 Å². The molecule has 1 aliphatic heterocycles. The summed E-state index contributed by atoms with van der Waals surface area (Å²) < 4.78 is 17.6. The van der Waals surface area contributed by atoms with E-state index in [1.54, 1.807) is 0 Å². The van der Waals surface area contributed by atoms with Gasteiger partial charge < -0.3 is 15.2 Å². The van der Waals surface area contributed by atoms with E-state index in [1.165, 1.54) is 0 Å². The molecule has 0 saturated carbocycles. The first-order valence-electron chi connectivity index (χ1n) is 5.45. The summed E-state index contributed by atoms with van der Waals surface area (Å²) in [7, 11) is 0. The first kappa shape index (κ1) is 15.3. The number of rotatable bonds is 2. The summed E-state index contributed by atoms with van der Waals surface area (Å²) in [6, 6.07) is 0. The molecule has 0 aliphatic carbocycles. The fraction of sp³-hybridized carbons (Fsp3) is 0.909. The zero-order chi connectivity index (χ0) is 12.7. The van der Waals surface area contributed by atoms with Crippen LogP contribution in [0.2, 0.25) is 0 Å². The van der Waals surface area contributed by atoms with Gasteiger partial charge in [-0.1, -0.05) is 0 Å². The lowest BCUT2D eigenvalue weighted by molar-refractivity contribution is -0.138. The predicted octanol–water partition coefficient (Wildman–Crippen LogP) is 1.03. The van der Waals surface area contributed by atoms with Gasteiger partial charge in [0.05, 0.1) is 6.61 Å². The van der Waals surface area contributed by atoms with E-state index in [2.05, 4.69) is 10.1 Å². The average molecular weight is 235 g/mol. The summed E-state index contributed by atoms with van der Waals surface area (Å²) in [4.78, 5) is 9.60. The lowest BCUT2D eigenvalue weighted by Crippen LogP contribution is -2.41. The van der Waals surface area contributed by atoms with Gasteiger partial charge in [-0.25, -0.2) is 4.39 Å². The summed E-state index contributed by atoms with van der Waals surface area (Å²) >= 11 is 0. The highest BCUT2D eigenvalue weighted by Crippen LogP contribution is 2.21. The van der Waals surface area contributed by atoms with Crippen molar-refractivity contribution in [3.63, 3.8) is 0 Å². The van der Waals surface area contributed by atoms with Crippen LogP contribution in [-0.2, 0) is 9.53 Å². The molecule has 0 spiro atoms. The van der Waals surface area contributed by atoms with Gasteiger partial charge in [-0.2, -0.15) is 0 Å². The zero-order valence-corrected chi connectivity index (χ0v) is 10.3. The second-order valence-corrected chi connectivity index (χ2v) is 4.89. The quantitative estimate of drug-likeness (QED) is 0.702. The number of aliphatic hydroxyl groups excluding tert-OH is 1. The molecular formula is C11H22FNO3.